The summed E-state index contributed by atoms with van der Waals surface area (Å²) in [6, 6.07) is 5.45. The van der Waals surface area contributed by atoms with E-state index in [1.165, 1.54) is 6.07 Å². The fourth-order valence-electron chi connectivity index (χ4n) is 3.80. The van der Waals surface area contributed by atoms with Crippen molar-refractivity contribution in [3.8, 4) is 17.5 Å². The number of pyridine rings is 2. The second kappa shape index (κ2) is 8.61. The van der Waals surface area contributed by atoms with Crippen LogP contribution in [-0.4, -0.2) is 44.0 Å². The van der Waals surface area contributed by atoms with Gasteiger partial charge in [0.2, 0.25) is 5.89 Å². The highest BCUT2D eigenvalue weighted by Gasteiger charge is 2.31. The lowest BCUT2D eigenvalue weighted by molar-refractivity contribution is -0.137. The number of piperidine rings is 1. The molecule has 0 unspecified atom stereocenters. The summed E-state index contributed by atoms with van der Waals surface area (Å²) in [4.78, 5) is 27.2. The predicted molar refractivity (Wildman–Crippen MR) is 109 cm³/mol. The first-order valence-corrected chi connectivity index (χ1v) is 10.2. The van der Waals surface area contributed by atoms with E-state index in [4.69, 9.17) is 4.52 Å². The second-order valence-electron chi connectivity index (χ2n) is 7.80. The Bertz CT molecular complexity index is 1220. The molecule has 1 aliphatic rings. The first-order valence-electron chi connectivity index (χ1n) is 10.2. The van der Waals surface area contributed by atoms with Gasteiger partial charge in [0.15, 0.2) is 5.82 Å². The highest BCUT2D eigenvalue weighted by atomic mass is 19.4. The lowest BCUT2D eigenvalue weighted by atomic mass is 9.95. The molecule has 4 heterocycles. The van der Waals surface area contributed by atoms with Crippen molar-refractivity contribution in [1.29, 1.82) is 5.26 Å². The second-order valence-corrected chi connectivity index (χ2v) is 7.80. The van der Waals surface area contributed by atoms with Crippen LogP contribution in [0.4, 0.5) is 13.2 Å². The fourth-order valence-corrected chi connectivity index (χ4v) is 3.80. The molecule has 1 fully saturated rings. The Balaban J connectivity index is 1.54. The van der Waals surface area contributed by atoms with Crippen molar-refractivity contribution < 1.29 is 22.5 Å². The van der Waals surface area contributed by atoms with Crippen LogP contribution in [0.5, 0.6) is 0 Å². The number of hydrogen-bond donors (Lipinski definition) is 0. The molecule has 0 radical (unpaired) electrons. The number of halogens is 3. The van der Waals surface area contributed by atoms with Gasteiger partial charge in [-0.05, 0) is 38.0 Å². The van der Waals surface area contributed by atoms with E-state index in [2.05, 4.69) is 20.1 Å². The number of carbonyl (C=O) groups is 1. The molecule has 0 saturated carbocycles. The van der Waals surface area contributed by atoms with Crippen LogP contribution < -0.4 is 0 Å². The summed E-state index contributed by atoms with van der Waals surface area (Å²) in [5.74, 6) is 0.981. The van der Waals surface area contributed by atoms with Crippen LogP contribution in [0, 0.1) is 25.2 Å². The highest BCUT2D eigenvalue weighted by molar-refractivity contribution is 5.96. The maximum absolute atomic E-state index is 13.1. The molecular formula is C22H19F3N6O2. The molecule has 4 rings (SSSR count). The summed E-state index contributed by atoms with van der Waals surface area (Å²) in [5, 5.41) is 13.5. The van der Waals surface area contributed by atoms with Crippen molar-refractivity contribution in [3.63, 3.8) is 0 Å². The molecule has 0 atom stereocenters. The minimum Gasteiger partial charge on any atom is -0.340 e. The average molecular weight is 456 g/mol. The highest BCUT2D eigenvalue weighted by Crippen LogP contribution is 2.31. The van der Waals surface area contributed by atoms with Crippen LogP contribution in [0.25, 0.3) is 11.4 Å². The van der Waals surface area contributed by atoms with Crippen LogP contribution in [-0.2, 0) is 6.18 Å². The molecule has 8 nitrogen and oxygen atoms in total. The van der Waals surface area contributed by atoms with E-state index in [0.717, 1.165) is 12.1 Å². The molecule has 0 N–H and O–H groups in total. The molecule has 3 aromatic rings. The van der Waals surface area contributed by atoms with Gasteiger partial charge in [-0.3, -0.25) is 9.78 Å². The number of amides is 1. The van der Waals surface area contributed by atoms with Crippen LogP contribution >= 0.6 is 0 Å². The van der Waals surface area contributed by atoms with Crippen molar-refractivity contribution >= 4 is 5.91 Å². The Hall–Kier alpha value is -3.81. The number of aromatic nitrogens is 4. The summed E-state index contributed by atoms with van der Waals surface area (Å²) in [5.41, 5.74) is 0.0630. The van der Waals surface area contributed by atoms with E-state index in [1.807, 2.05) is 6.07 Å². The van der Waals surface area contributed by atoms with Crippen LogP contribution in [0.1, 0.15) is 57.7 Å². The molecule has 0 aliphatic carbocycles. The van der Waals surface area contributed by atoms with Gasteiger partial charge in [-0.15, -0.1) is 0 Å². The lowest BCUT2D eigenvalue weighted by Gasteiger charge is -2.31. The predicted octanol–water partition coefficient (Wildman–Crippen LogP) is 4.05. The van der Waals surface area contributed by atoms with Crippen molar-refractivity contribution in [2.24, 2.45) is 0 Å². The zero-order chi connectivity index (χ0) is 23.8. The SMILES string of the molecule is Cc1nc(C2CCN(C(=O)c3cc(C#N)c(-c4ccc(C(F)(F)F)cn4)nc3C)CC2)no1. The van der Waals surface area contributed by atoms with E-state index in [1.54, 1.807) is 18.7 Å². The van der Waals surface area contributed by atoms with E-state index in [0.29, 0.717) is 49.5 Å². The normalized spacial score (nSPS) is 14.8. The minimum atomic E-state index is -4.51. The Labute approximate surface area is 187 Å². The quantitative estimate of drug-likeness (QED) is 0.585. The Morgan fingerprint density at radius 3 is 2.48 bits per heavy atom. The number of hydrogen-bond acceptors (Lipinski definition) is 7. The third-order valence-electron chi connectivity index (χ3n) is 5.59. The van der Waals surface area contributed by atoms with Crippen LogP contribution in [0.15, 0.2) is 28.9 Å². The summed E-state index contributed by atoms with van der Waals surface area (Å²) in [7, 11) is 0. The van der Waals surface area contributed by atoms with Crippen LogP contribution in [0.3, 0.4) is 0 Å². The van der Waals surface area contributed by atoms with Gasteiger partial charge in [0.05, 0.1) is 28.1 Å². The summed E-state index contributed by atoms with van der Waals surface area (Å²) >= 11 is 0. The topological polar surface area (TPSA) is 109 Å². The third-order valence-corrected chi connectivity index (χ3v) is 5.59. The molecule has 170 valence electrons. The zero-order valence-corrected chi connectivity index (χ0v) is 17.8. The summed E-state index contributed by atoms with van der Waals surface area (Å²) in [6.45, 7) is 4.32. The van der Waals surface area contributed by atoms with Crippen LogP contribution in [0.2, 0.25) is 0 Å². The number of carbonyl (C=O) groups excluding carboxylic acids is 1. The maximum Gasteiger partial charge on any atom is 0.417 e. The van der Waals surface area contributed by atoms with Gasteiger partial charge in [-0.2, -0.15) is 23.4 Å². The molecule has 1 aliphatic heterocycles. The van der Waals surface area contributed by atoms with Gasteiger partial charge < -0.3 is 9.42 Å². The molecule has 0 aromatic carbocycles. The average Bonchev–Trinajstić information content (AvgIpc) is 3.24. The Kier molecular flexibility index (Phi) is 5.84. The van der Waals surface area contributed by atoms with Crippen molar-refractivity contribution in [1.82, 2.24) is 25.0 Å². The number of rotatable bonds is 3. The zero-order valence-electron chi connectivity index (χ0n) is 17.8. The molecule has 11 heteroatoms. The van der Waals surface area contributed by atoms with Crippen molar-refractivity contribution in [3.05, 3.63) is 58.5 Å². The largest absolute Gasteiger partial charge is 0.417 e. The number of nitriles is 1. The van der Waals surface area contributed by atoms with Crippen molar-refractivity contribution in [2.75, 3.05) is 13.1 Å². The van der Waals surface area contributed by atoms with E-state index in [-0.39, 0.29) is 34.3 Å². The minimum absolute atomic E-state index is 0.0633. The number of aryl methyl sites for hydroxylation is 2. The molecule has 0 bridgehead atoms. The van der Waals surface area contributed by atoms with E-state index in [9.17, 15) is 23.2 Å². The van der Waals surface area contributed by atoms with Gasteiger partial charge in [0.25, 0.3) is 5.91 Å². The molecule has 1 saturated heterocycles. The number of likely N-dealkylation sites (tertiary alicyclic amines) is 1. The number of alkyl halides is 3. The van der Waals surface area contributed by atoms with E-state index < -0.39 is 11.7 Å². The lowest BCUT2D eigenvalue weighted by Crippen LogP contribution is -2.38. The molecule has 1 amide bonds. The maximum atomic E-state index is 13.1. The smallest absolute Gasteiger partial charge is 0.340 e. The van der Waals surface area contributed by atoms with Gasteiger partial charge in [-0.1, -0.05) is 5.16 Å². The summed E-state index contributed by atoms with van der Waals surface area (Å²) < 4.78 is 43.5. The van der Waals surface area contributed by atoms with E-state index >= 15 is 0 Å². The van der Waals surface area contributed by atoms with Gasteiger partial charge in [0.1, 0.15) is 11.8 Å². The van der Waals surface area contributed by atoms with Gasteiger partial charge in [-0.25, -0.2) is 4.98 Å². The molecule has 0 spiro atoms. The molecular weight excluding hydrogens is 437 g/mol. The fraction of sp³-hybridized carbons (Fsp3) is 0.364. The Morgan fingerprint density at radius 1 is 1.21 bits per heavy atom. The Morgan fingerprint density at radius 2 is 1.94 bits per heavy atom. The third kappa shape index (κ3) is 4.55. The first kappa shape index (κ1) is 22.4. The summed E-state index contributed by atoms with van der Waals surface area (Å²) in [6.07, 6.45) is -2.47. The molecule has 33 heavy (non-hydrogen) atoms. The van der Waals surface area contributed by atoms with Gasteiger partial charge in [0, 0.05) is 32.1 Å². The monoisotopic (exact) mass is 456 g/mol. The van der Waals surface area contributed by atoms with Crippen molar-refractivity contribution in [2.45, 2.75) is 38.8 Å². The van der Waals surface area contributed by atoms with Gasteiger partial charge >= 0.3 is 6.18 Å². The standard InChI is InChI=1S/C22H19F3N6O2/c1-12-17(21(32)31-7-5-14(6-8-31)20-29-13(2)33-30-20)9-15(10-26)19(28-12)18-4-3-16(11-27-18)22(23,24)25/h3-4,9,11,14H,5-8H2,1-2H3. The first-order chi connectivity index (χ1) is 15.7. The molecule has 3 aromatic heterocycles. The number of nitrogens with zero attached hydrogens (tertiary/aromatic N) is 6.